The number of terminal acetylenes is 1. The Hall–Kier alpha value is -1.51. The maximum atomic E-state index is 12.3. The fourth-order valence-electron chi connectivity index (χ4n) is 1.74. The van der Waals surface area contributed by atoms with E-state index in [4.69, 9.17) is 12.2 Å². The van der Waals surface area contributed by atoms with Gasteiger partial charge in [-0.1, -0.05) is 6.92 Å². The highest BCUT2D eigenvalue weighted by Gasteiger charge is 2.21. The molecule has 0 saturated carbocycles. The summed E-state index contributed by atoms with van der Waals surface area (Å²) in [4.78, 5) is 0.117. The average Bonchev–Trinajstić information content (AvgIpc) is 2.32. The molecule has 1 rings (SSSR count). The normalized spacial score (nSPS) is 12.9. The van der Waals surface area contributed by atoms with E-state index in [9.17, 15) is 8.42 Å². The van der Waals surface area contributed by atoms with Crippen LogP contribution in [0.5, 0.6) is 0 Å². The van der Waals surface area contributed by atoms with Crippen molar-refractivity contribution in [1.82, 2.24) is 4.72 Å². The second kappa shape index (κ2) is 6.09. The molecule has 0 aliphatic carbocycles. The molecular weight excluding hydrogens is 260 g/mol. The number of rotatable bonds is 5. The average molecular weight is 280 g/mol. The van der Waals surface area contributed by atoms with Crippen LogP contribution < -0.4 is 10.5 Å². The molecule has 0 radical (unpaired) electrons. The maximum Gasteiger partial charge on any atom is 0.242 e. The van der Waals surface area contributed by atoms with Crippen molar-refractivity contribution >= 4 is 15.7 Å². The van der Waals surface area contributed by atoms with E-state index in [1.807, 2.05) is 20.8 Å². The summed E-state index contributed by atoms with van der Waals surface area (Å²) in [5.74, 6) is 2.47. The van der Waals surface area contributed by atoms with Crippen LogP contribution in [0.25, 0.3) is 0 Å². The molecule has 0 aliphatic rings. The minimum Gasteiger partial charge on any atom is -0.398 e. The van der Waals surface area contributed by atoms with E-state index >= 15 is 0 Å². The van der Waals surface area contributed by atoms with E-state index < -0.39 is 10.0 Å². The summed E-state index contributed by atoms with van der Waals surface area (Å²) in [6.45, 7) is 5.63. The van der Waals surface area contributed by atoms with Crippen molar-refractivity contribution in [3.63, 3.8) is 0 Å². The minimum absolute atomic E-state index is 0.117. The molecule has 1 aromatic carbocycles. The third-order valence-corrected chi connectivity index (χ3v) is 4.67. The van der Waals surface area contributed by atoms with Crippen LogP contribution in [0.2, 0.25) is 0 Å². The summed E-state index contributed by atoms with van der Waals surface area (Å²) in [7, 11) is -3.63. The molecule has 1 aromatic rings. The van der Waals surface area contributed by atoms with E-state index in [-0.39, 0.29) is 16.6 Å². The van der Waals surface area contributed by atoms with Gasteiger partial charge < -0.3 is 5.73 Å². The SMILES string of the molecule is C#CCC(CC)NS(=O)(=O)c1cc(C)c(C)cc1N. The highest BCUT2D eigenvalue weighted by atomic mass is 32.2. The minimum atomic E-state index is -3.63. The highest BCUT2D eigenvalue weighted by Crippen LogP contribution is 2.23. The lowest BCUT2D eigenvalue weighted by Gasteiger charge is -2.16. The number of anilines is 1. The number of nitrogens with one attached hydrogen (secondary N) is 1. The Morgan fingerprint density at radius 3 is 2.47 bits per heavy atom. The molecule has 0 spiro atoms. The van der Waals surface area contributed by atoms with Crippen molar-refractivity contribution in [2.24, 2.45) is 0 Å². The predicted octanol–water partition coefficient (Wildman–Crippen LogP) is 1.97. The number of sulfonamides is 1. The van der Waals surface area contributed by atoms with Crippen LogP contribution in [0.1, 0.15) is 30.9 Å². The van der Waals surface area contributed by atoms with Crippen LogP contribution in [0.15, 0.2) is 17.0 Å². The first-order valence-electron chi connectivity index (χ1n) is 6.14. The molecule has 0 heterocycles. The van der Waals surface area contributed by atoms with Gasteiger partial charge in [0.05, 0.1) is 5.69 Å². The van der Waals surface area contributed by atoms with Crippen LogP contribution in [0.4, 0.5) is 5.69 Å². The lowest BCUT2D eigenvalue weighted by atomic mass is 10.1. The van der Waals surface area contributed by atoms with Crippen LogP contribution >= 0.6 is 0 Å². The first kappa shape index (κ1) is 15.5. The Kier molecular flexibility index (Phi) is 4.98. The monoisotopic (exact) mass is 280 g/mol. The molecule has 5 heteroatoms. The summed E-state index contributed by atoms with van der Waals surface area (Å²) < 4.78 is 27.2. The Morgan fingerprint density at radius 2 is 1.95 bits per heavy atom. The van der Waals surface area contributed by atoms with E-state index in [0.29, 0.717) is 12.8 Å². The van der Waals surface area contributed by atoms with Crippen LogP contribution in [-0.2, 0) is 10.0 Å². The van der Waals surface area contributed by atoms with Gasteiger partial charge in [-0.05, 0) is 43.5 Å². The third-order valence-electron chi connectivity index (χ3n) is 3.09. The van der Waals surface area contributed by atoms with E-state index in [1.165, 1.54) is 0 Å². The van der Waals surface area contributed by atoms with Crippen molar-refractivity contribution < 1.29 is 8.42 Å². The van der Waals surface area contributed by atoms with Crippen LogP contribution in [-0.4, -0.2) is 14.5 Å². The number of hydrogen-bond donors (Lipinski definition) is 2. The van der Waals surface area contributed by atoms with Crippen LogP contribution in [0.3, 0.4) is 0 Å². The number of hydrogen-bond acceptors (Lipinski definition) is 3. The van der Waals surface area contributed by atoms with Gasteiger partial charge in [0.25, 0.3) is 0 Å². The van der Waals surface area contributed by atoms with Gasteiger partial charge in [0, 0.05) is 12.5 Å². The second-order valence-corrected chi connectivity index (χ2v) is 6.29. The standard InChI is InChI=1S/C14H20N2O2S/c1-5-7-12(6-2)16-19(17,18)14-9-11(4)10(3)8-13(14)15/h1,8-9,12,16H,6-7,15H2,2-4H3. The van der Waals surface area contributed by atoms with Gasteiger partial charge in [0.1, 0.15) is 4.90 Å². The predicted molar refractivity (Wildman–Crippen MR) is 78.2 cm³/mol. The Morgan fingerprint density at radius 1 is 1.37 bits per heavy atom. The molecule has 4 nitrogen and oxygen atoms in total. The van der Waals surface area contributed by atoms with Gasteiger partial charge in [-0.25, -0.2) is 13.1 Å². The zero-order valence-corrected chi connectivity index (χ0v) is 12.3. The Bertz CT molecular complexity index is 601. The first-order valence-corrected chi connectivity index (χ1v) is 7.62. The van der Waals surface area contributed by atoms with Gasteiger partial charge in [0.15, 0.2) is 0 Å². The summed E-state index contributed by atoms with van der Waals surface area (Å²) in [6, 6.07) is 3.00. The quantitative estimate of drug-likeness (QED) is 0.640. The Balaban J connectivity index is 3.14. The molecule has 1 unspecified atom stereocenters. The first-order chi connectivity index (χ1) is 8.81. The molecule has 0 fully saturated rings. The molecule has 104 valence electrons. The van der Waals surface area contributed by atoms with Gasteiger partial charge in [-0.15, -0.1) is 12.3 Å². The summed E-state index contributed by atoms with van der Waals surface area (Å²) in [5, 5.41) is 0. The number of aryl methyl sites for hydroxylation is 2. The fraction of sp³-hybridized carbons (Fsp3) is 0.429. The zero-order valence-electron chi connectivity index (χ0n) is 11.5. The summed E-state index contributed by atoms with van der Waals surface area (Å²) in [6.07, 6.45) is 6.22. The lowest BCUT2D eigenvalue weighted by Crippen LogP contribution is -2.34. The molecule has 3 N–H and O–H groups in total. The third kappa shape index (κ3) is 3.72. The molecule has 0 amide bonds. The fourth-order valence-corrected chi connectivity index (χ4v) is 3.26. The number of nitrogen functional groups attached to an aromatic ring is 1. The zero-order chi connectivity index (χ0) is 14.6. The van der Waals surface area contributed by atoms with E-state index in [1.54, 1.807) is 12.1 Å². The second-order valence-electron chi connectivity index (χ2n) is 4.61. The molecule has 0 bridgehead atoms. The molecule has 0 aromatic heterocycles. The van der Waals surface area contributed by atoms with Crippen molar-refractivity contribution in [3.05, 3.63) is 23.3 Å². The molecule has 1 atom stereocenters. The topological polar surface area (TPSA) is 72.2 Å². The lowest BCUT2D eigenvalue weighted by molar-refractivity contribution is 0.544. The molecule has 19 heavy (non-hydrogen) atoms. The Labute approximate surface area is 115 Å². The summed E-state index contributed by atoms with van der Waals surface area (Å²) in [5.41, 5.74) is 7.92. The molecule has 0 saturated heterocycles. The highest BCUT2D eigenvalue weighted by molar-refractivity contribution is 7.89. The number of benzene rings is 1. The van der Waals surface area contributed by atoms with Gasteiger partial charge in [-0.2, -0.15) is 0 Å². The van der Waals surface area contributed by atoms with Crippen molar-refractivity contribution in [2.45, 2.75) is 44.6 Å². The number of nitrogens with two attached hydrogens (primary N) is 1. The van der Waals surface area contributed by atoms with Crippen LogP contribution in [0, 0.1) is 26.2 Å². The van der Waals surface area contributed by atoms with Crippen molar-refractivity contribution in [1.29, 1.82) is 0 Å². The summed E-state index contributed by atoms with van der Waals surface area (Å²) >= 11 is 0. The van der Waals surface area contributed by atoms with Gasteiger partial charge in [0.2, 0.25) is 10.0 Å². The maximum absolute atomic E-state index is 12.3. The smallest absolute Gasteiger partial charge is 0.242 e. The van der Waals surface area contributed by atoms with E-state index in [2.05, 4.69) is 10.6 Å². The van der Waals surface area contributed by atoms with Crippen molar-refractivity contribution in [2.75, 3.05) is 5.73 Å². The largest absolute Gasteiger partial charge is 0.398 e. The van der Waals surface area contributed by atoms with Gasteiger partial charge >= 0.3 is 0 Å². The molecular formula is C14H20N2O2S. The van der Waals surface area contributed by atoms with Crippen molar-refractivity contribution in [3.8, 4) is 12.3 Å². The molecule has 0 aliphatic heterocycles. The van der Waals surface area contributed by atoms with Gasteiger partial charge in [-0.3, -0.25) is 0 Å². The van der Waals surface area contributed by atoms with E-state index in [0.717, 1.165) is 11.1 Å².